The highest BCUT2D eigenvalue weighted by Crippen LogP contribution is 2.53. The maximum Gasteiger partial charge on any atom is 0.332 e. The zero-order valence-electron chi connectivity index (χ0n) is 21.8. The third-order valence-corrected chi connectivity index (χ3v) is 8.83. The molecule has 8 heteroatoms. The van der Waals surface area contributed by atoms with E-state index < -0.39 is 17.2 Å². The van der Waals surface area contributed by atoms with Crippen molar-refractivity contribution in [3.8, 4) is 0 Å². The summed E-state index contributed by atoms with van der Waals surface area (Å²) in [4.78, 5) is 0. The lowest BCUT2D eigenvalue weighted by molar-refractivity contribution is -0.0758. The van der Waals surface area contributed by atoms with Gasteiger partial charge in [-0.3, -0.25) is 0 Å². The van der Waals surface area contributed by atoms with Crippen LogP contribution in [0.5, 0.6) is 0 Å². The molecule has 0 atom stereocenters. The van der Waals surface area contributed by atoms with E-state index >= 15 is 0 Å². The second-order valence-corrected chi connectivity index (χ2v) is 12.4. The van der Waals surface area contributed by atoms with Gasteiger partial charge >= 0.3 is 17.2 Å². The van der Waals surface area contributed by atoms with Gasteiger partial charge in [0.05, 0.1) is 45.1 Å². The Morgan fingerprint density at radius 3 is 1.23 bits per heavy atom. The van der Waals surface area contributed by atoms with Crippen molar-refractivity contribution in [3.05, 3.63) is 68.8 Å². The largest absolute Gasteiger partial charge is 0.332 e. The fraction of sp³-hybridized carbons (Fsp3) is 0.556. The molecule has 192 valence electrons. The number of hydrogen-bond acceptors (Lipinski definition) is 6. The summed E-state index contributed by atoms with van der Waals surface area (Å²) in [7, 11) is -2.67. The Labute approximate surface area is 212 Å². The third-order valence-electron chi connectivity index (χ3n) is 6.68. The predicted molar refractivity (Wildman–Crippen MR) is 141 cm³/mol. The molecule has 0 aromatic heterocycles. The topological polar surface area (TPSA) is 55.4 Å². The predicted octanol–water partition coefficient (Wildman–Crippen LogP) is 6.89. The van der Waals surface area contributed by atoms with Crippen molar-refractivity contribution in [3.63, 3.8) is 0 Å². The number of rotatable bonds is 8. The van der Waals surface area contributed by atoms with Crippen LogP contribution in [0.1, 0.15) is 44.5 Å². The highest BCUT2D eigenvalue weighted by molar-refractivity contribution is 7.42. The molecule has 0 unspecified atom stereocenters. The van der Waals surface area contributed by atoms with Gasteiger partial charge in [-0.25, -0.2) is 0 Å². The molecule has 0 N–H and O–H groups in total. The van der Waals surface area contributed by atoms with Gasteiger partial charge in [-0.2, -0.15) is 0 Å². The van der Waals surface area contributed by atoms with Crippen molar-refractivity contribution in [2.75, 3.05) is 39.6 Å². The summed E-state index contributed by atoms with van der Waals surface area (Å²) in [6.45, 7) is 16.1. The number of benzene rings is 2. The quantitative estimate of drug-likeness (QED) is 0.354. The second-order valence-electron chi connectivity index (χ2n) is 9.96. The lowest BCUT2D eigenvalue weighted by Gasteiger charge is -2.41. The molecule has 2 heterocycles. The van der Waals surface area contributed by atoms with Crippen LogP contribution in [0.4, 0.5) is 0 Å². The van der Waals surface area contributed by atoms with Gasteiger partial charge in [-0.1, -0.05) is 35.4 Å². The Bertz CT molecular complexity index is 880. The van der Waals surface area contributed by atoms with Gasteiger partial charge < -0.3 is 27.1 Å². The van der Waals surface area contributed by atoms with Crippen molar-refractivity contribution in [2.24, 2.45) is 5.41 Å². The molecule has 1 spiro atoms. The minimum absolute atomic E-state index is 0.293. The first-order chi connectivity index (χ1) is 16.7. The van der Waals surface area contributed by atoms with Crippen molar-refractivity contribution in [1.29, 1.82) is 0 Å². The van der Waals surface area contributed by atoms with Crippen LogP contribution in [-0.2, 0) is 40.0 Å². The van der Waals surface area contributed by atoms with Crippen LogP contribution in [0.2, 0.25) is 0 Å². The first-order valence-electron chi connectivity index (χ1n) is 12.3. The smallest absolute Gasteiger partial charge is 0.312 e. The van der Waals surface area contributed by atoms with Gasteiger partial charge in [0, 0.05) is 0 Å². The molecule has 2 aromatic carbocycles. The van der Waals surface area contributed by atoms with Crippen LogP contribution in [0.25, 0.3) is 0 Å². The van der Waals surface area contributed by atoms with Gasteiger partial charge in [-0.15, -0.1) is 0 Å². The standard InChI is InChI=1S/C27H38O6P2/c1-19-11-21(3)25(22(4)12-19)7-9-28-34-30-15-27(16-31-34)17-32-35(33-18-27)29-10-8-26-23(5)13-20(2)14-24(26)6/h11-14H,7-10,15-18H2,1-6H3. The molecule has 0 bridgehead atoms. The molecule has 4 rings (SSSR count). The van der Waals surface area contributed by atoms with E-state index in [0.717, 1.165) is 12.8 Å². The van der Waals surface area contributed by atoms with Crippen LogP contribution >= 0.6 is 17.2 Å². The third kappa shape index (κ3) is 7.09. The van der Waals surface area contributed by atoms with Crippen molar-refractivity contribution in [2.45, 2.75) is 54.4 Å². The van der Waals surface area contributed by atoms with Crippen LogP contribution in [0.15, 0.2) is 24.3 Å². The Morgan fingerprint density at radius 1 is 0.600 bits per heavy atom. The average Bonchev–Trinajstić information content (AvgIpc) is 2.80. The summed E-state index contributed by atoms with van der Waals surface area (Å²) >= 11 is 0. The van der Waals surface area contributed by atoms with Crippen LogP contribution in [-0.4, -0.2) is 39.6 Å². The Kier molecular flexibility index (Phi) is 9.35. The van der Waals surface area contributed by atoms with Crippen LogP contribution in [0.3, 0.4) is 0 Å². The van der Waals surface area contributed by atoms with E-state index in [1.165, 1.54) is 44.5 Å². The molecule has 0 amide bonds. The van der Waals surface area contributed by atoms with E-state index in [2.05, 4.69) is 65.8 Å². The molecule has 0 aliphatic carbocycles. The van der Waals surface area contributed by atoms with E-state index in [1.807, 2.05) is 0 Å². The minimum Gasteiger partial charge on any atom is -0.312 e. The maximum absolute atomic E-state index is 5.93. The van der Waals surface area contributed by atoms with Gasteiger partial charge in [0.2, 0.25) is 0 Å². The lowest BCUT2D eigenvalue weighted by Crippen LogP contribution is -2.44. The highest BCUT2D eigenvalue weighted by Gasteiger charge is 2.44. The zero-order chi connectivity index (χ0) is 25.0. The van der Waals surface area contributed by atoms with E-state index in [1.54, 1.807) is 0 Å². The Hall–Kier alpha value is -0.940. The molecule has 2 fully saturated rings. The normalized spacial score (nSPS) is 24.7. The summed E-state index contributed by atoms with van der Waals surface area (Å²) in [5.74, 6) is 0. The molecule has 35 heavy (non-hydrogen) atoms. The van der Waals surface area contributed by atoms with Gasteiger partial charge in [0.1, 0.15) is 0 Å². The monoisotopic (exact) mass is 520 g/mol. The van der Waals surface area contributed by atoms with Gasteiger partial charge in [-0.05, 0) is 87.8 Å². The fourth-order valence-corrected chi connectivity index (χ4v) is 7.33. The van der Waals surface area contributed by atoms with Crippen LogP contribution in [0, 0.1) is 47.0 Å². The average molecular weight is 521 g/mol. The molecular formula is C27H38O6P2. The maximum atomic E-state index is 5.93. The van der Waals surface area contributed by atoms with Crippen molar-refractivity contribution in [1.82, 2.24) is 0 Å². The van der Waals surface area contributed by atoms with E-state index in [-0.39, 0.29) is 5.41 Å². The SMILES string of the molecule is Cc1cc(C)c(CCOP2OCC3(CO2)COP(OCCc2c(C)cc(C)cc2C)OC3)c(C)c1. The van der Waals surface area contributed by atoms with Gasteiger partial charge in [0.25, 0.3) is 0 Å². The summed E-state index contributed by atoms with van der Waals surface area (Å²) < 4.78 is 35.5. The number of aryl methyl sites for hydroxylation is 6. The van der Waals surface area contributed by atoms with Crippen molar-refractivity contribution >= 4 is 17.2 Å². The highest BCUT2D eigenvalue weighted by atomic mass is 31.2. The Balaban J connectivity index is 1.15. The van der Waals surface area contributed by atoms with E-state index in [4.69, 9.17) is 27.1 Å². The zero-order valence-corrected chi connectivity index (χ0v) is 23.6. The van der Waals surface area contributed by atoms with E-state index in [9.17, 15) is 0 Å². The molecule has 2 aliphatic heterocycles. The van der Waals surface area contributed by atoms with Crippen molar-refractivity contribution < 1.29 is 27.1 Å². The molecule has 6 nitrogen and oxygen atoms in total. The summed E-state index contributed by atoms with van der Waals surface area (Å²) in [6.07, 6.45) is 1.70. The second kappa shape index (κ2) is 12.1. The molecule has 2 aromatic rings. The minimum atomic E-state index is -1.34. The Morgan fingerprint density at radius 2 is 0.914 bits per heavy atom. The summed E-state index contributed by atoms with van der Waals surface area (Å²) in [6, 6.07) is 8.88. The number of hydrogen-bond donors (Lipinski definition) is 0. The summed E-state index contributed by atoms with van der Waals surface area (Å²) in [5.41, 5.74) is 10.2. The first kappa shape index (κ1) is 27.1. The molecular weight excluding hydrogens is 482 g/mol. The lowest BCUT2D eigenvalue weighted by atomic mass is 9.93. The first-order valence-corrected chi connectivity index (χ1v) is 14.4. The van der Waals surface area contributed by atoms with Crippen LogP contribution < -0.4 is 0 Å². The summed E-state index contributed by atoms with van der Waals surface area (Å²) in [5, 5.41) is 0. The molecule has 0 saturated carbocycles. The molecule has 2 aliphatic rings. The molecule has 2 saturated heterocycles. The fourth-order valence-electron chi connectivity index (χ4n) is 4.89. The van der Waals surface area contributed by atoms with Gasteiger partial charge in [0.15, 0.2) is 0 Å². The molecule has 0 radical (unpaired) electrons. The van der Waals surface area contributed by atoms with E-state index in [0.29, 0.717) is 39.6 Å².